The lowest BCUT2D eigenvalue weighted by Crippen LogP contribution is -2.71. The largest absolute Gasteiger partial charge is 0.477 e. The van der Waals surface area contributed by atoms with Crippen LogP contribution >= 0.6 is 35.3 Å². The highest BCUT2D eigenvalue weighted by Crippen LogP contribution is 2.42. The van der Waals surface area contributed by atoms with Crippen molar-refractivity contribution in [2.75, 3.05) is 11.5 Å². The van der Waals surface area contributed by atoms with Gasteiger partial charge in [0.25, 0.3) is 23.4 Å². The number of fused-ring (bicyclic) bond motifs is 2. The van der Waals surface area contributed by atoms with Crippen molar-refractivity contribution >= 4 is 104 Å². The van der Waals surface area contributed by atoms with Crippen LogP contribution in [0.2, 0.25) is 0 Å². The van der Waals surface area contributed by atoms with E-state index in [2.05, 4.69) is 30.5 Å². The Labute approximate surface area is 342 Å². The van der Waals surface area contributed by atoms with Crippen LogP contribution < -0.4 is 25.3 Å². The van der Waals surface area contributed by atoms with Crippen molar-refractivity contribution in [1.29, 1.82) is 0 Å². The van der Waals surface area contributed by atoms with E-state index in [1.54, 1.807) is 6.92 Å². The fourth-order valence-electron chi connectivity index (χ4n) is 5.54. The molecule has 23 nitrogen and oxygen atoms in total. The van der Waals surface area contributed by atoms with Crippen LogP contribution in [-0.2, 0) is 33.6 Å². The molecule has 2 atom stereocenters. The number of carbonyl (C=O) groups is 8. The smallest absolute Gasteiger partial charge is 0.375 e. The van der Waals surface area contributed by atoms with Crippen molar-refractivity contribution in [1.82, 2.24) is 34.8 Å². The molecule has 2 aliphatic heterocycles. The van der Waals surface area contributed by atoms with Gasteiger partial charge in [-0.2, -0.15) is 9.50 Å². The maximum absolute atomic E-state index is 13.7. The number of ether oxygens (including phenoxy) is 3. The minimum Gasteiger partial charge on any atom is -0.477 e. The van der Waals surface area contributed by atoms with E-state index in [0.717, 1.165) is 65.4 Å². The molecule has 2 amide bonds. The Morgan fingerprint density at radius 3 is 2.15 bits per heavy atom. The van der Waals surface area contributed by atoms with Crippen LogP contribution in [0.4, 0.5) is 5.13 Å². The van der Waals surface area contributed by atoms with Crippen LogP contribution in [0.3, 0.4) is 0 Å². The van der Waals surface area contributed by atoms with Gasteiger partial charge in [0.15, 0.2) is 22.3 Å². The summed E-state index contributed by atoms with van der Waals surface area (Å²) in [7, 11) is 0. The van der Waals surface area contributed by atoms with E-state index in [0.29, 0.717) is 5.69 Å². The molecule has 0 spiro atoms. The van der Waals surface area contributed by atoms with Gasteiger partial charge in [-0.05, 0) is 25.1 Å². The molecular weight excluding hydrogens is 843 g/mol. The number of aromatic nitrogens is 5. The number of carboxylic acid groups (broad SMARTS) is 2. The SMILES string of the molecule is CC(=O)Oc1cc(C(=O)ON=C(C(=O)N[C@@H]2C(=O)N3C(C(=O)O)=C(C(=S)c4cc(C)nc5nc(C(=O)O)nn45)CS[C@H]23)c2csc(N)n2)cc(OC(C)=O)c1OC(C)=O. The van der Waals surface area contributed by atoms with E-state index >= 15 is 0 Å². The van der Waals surface area contributed by atoms with E-state index in [-0.39, 0.29) is 38.5 Å². The van der Waals surface area contributed by atoms with Crippen molar-refractivity contribution in [3.63, 3.8) is 0 Å². The highest BCUT2D eigenvalue weighted by molar-refractivity contribution is 8.00. The summed E-state index contributed by atoms with van der Waals surface area (Å²) < 4.78 is 16.2. The van der Waals surface area contributed by atoms with Crippen molar-refractivity contribution in [2.45, 2.75) is 39.1 Å². The lowest BCUT2D eigenvalue weighted by atomic mass is 10.00. The fraction of sp³-hybridized carbons (Fsp3) is 0.212. The van der Waals surface area contributed by atoms with Gasteiger partial charge >= 0.3 is 35.8 Å². The first-order valence-corrected chi connectivity index (χ1v) is 18.7. The summed E-state index contributed by atoms with van der Waals surface area (Å²) in [6.45, 7) is 4.61. The number of carboxylic acids is 2. The molecule has 1 fully saturated rings. The Morgan fingerprint density at radius 1 is 0.949 bits per heavy atom. The summed E-state index contributed by atoms with van der Waals surface area (Å²) in [5.74, 6) is -11.3. The zero-order valence-corrected chi connectivity index (χ0v) is 32.8. The molecule has 1 saturated heterocycles. The van der Waals surface area contributed by atoms with Gasteiger partial charge in [0, 0.05) is 43.2 Å². The van der Waals surface area contributed by atoms with Crippen molar-refractivity contribution < 1.29 is 67.6 Å². The number of thiazole rings is 1. The summed E-state index contributed by atoms with van der Waals surface area (Å²) in [4.78, 5) is 118. The zero-order valence-electron chi connectivity index (χ0n) is 30.4. The number of nitrogens with one attached hydrogen (secondary N) is 1. The Hall–Kier alpha value is -7.19. The van der Waals surface area contributed by atoms with Gasteiger partial charge in [-0.25, -0.2) is 24.4 Å². The number of β-lactam (4-membered cyclic amide) rings is 1. The molecule has 0 aliphatic carbocycles. The number of nitrogen functional groups attached to an aromatic ring is 1. The third-order valence-corrected chi connectivity index (χ3v) is 10.2. The summed E-state index contributed by atoms with van der Waals surface area (Å²) in [5, 5.41) is 30.0. The summed E-state index contributed by atoms with van der Waals surface area (Å²) >= 11 is 7.59. The second-order valence-corrected chi connectivity index (χ2v) is 14.4. The molecule has 6 rings (SSSR count). The first-order valence-electron chi connectivity index (χ1n) is 16.3. The molecule has 5 heterocycles. The number of rotatable bonds is 12. The molecule has 1 aromatic carbocycles. The number of benzene rings is 1. The number of aromatic carboxylic acids is 1. The molecule has 0 saturated carbocycles. The predicted octanol–water partition coefficient (Wildman–Crippen LogP) is 0.663. The number of thiocarbonyl (C=S) groups is 1. The Bertz CT molecular complexity index is 2600. The van der Waals surface area contributed by atoms with Crippen LogP contribution in [0, 0.1) is 6.92 Å². The number of aliphatic carboxylic acids is 1. The number of thioether (sulfide) groups is 1. The maximum atomic E-state index is 13.7. The minimum atomic E-state index is -1.53. The minimum absolute atomic E-state index is 0.0212. The monoisotopic (exact) mass is 867 g/mol. The van der Waals surface area contributed by atoms with Gasteiger partial charge in [-0.1, -0.05) is 17.4 Å². The molecule has 4 aromatic rings. The summed E-state index contributed by atoms with van der Waals surface area (Å²) in [5.41, 5.74) is 4.44. The second-order valence-electron chi connectivity index (χ2n) is 12.0. The van der Waals surface area contributed by atoms with E-state index in [1.807, 2.05) is 0 Å². The first-order chi connectivity index (χ1) is 27.8. The van der Waals surface area contributed by atoms with Gasteiger partial charge in [0.1, 0.15) is 22.8 Å². The van der Waals surface area contributed by atoms with Crippen LogP contribution in [-0.4, -0.2) is 115 Å². The standard InChI is InChI=1S/C33H25N9O14S3/c1-10-5-17(42-33(35-10)38-25(39-42)30(50)51)24(57)15-8-58-28-21(27(47)41(28)22(15)29(48)49)37-26(46)20(16-9-59-32(34)36-16)40-56-31(52)14-6-18(53-11(2)43)23(55-13(4)45)19(7-14)54-12(3)44/h5-7,9,21,28H,8H2,1-4H3,(H2,34,36)(H,37,46)(H,48,49)(H,50,51)/t21-,28-/m1/s1. The number of hydrogen-bond acceptors (Lipinski definition) is 21. The molecule has 2 aliphatic rings. The van der Waals surface area contributed by atoms with Gasteiger partial charge in [0.05, 0.1) is 16.1 Å². The van der Waals surface area contributed by atoms with E-state index in [1.165, 1.54) is 11.4 Å². The second kappa shape index (κ2) is 16.3. The molecule has 304 valence electrons. The first kappa shape index (κ1) is 41.4. The van der Waals surface area contributed by atoms with E-state index < -0.39 is 99.1 Å². The molecule has 26 heteroatoms. The van der Waals surface area contributed by atoms with Gasteiger partial charge in [-0.15, -0.1) is 28.2 Å². The average Bonchev–Trinajstić information content (AvgIpc) is 3.79. The van der Waals surface area contributed by atoms with Crippen LogP contribution in [0.25, 0.3) is 5.78 Å². The Morgan fingerprint density at radius 2 is 1.59 bits per heavy atom. The molecule has 5 N–H and O–H groups in total. The Kier molecular flexibility index (Phi) is 11.5. The van der Waals surface area contributed by atoms with Crippen molar-refractivity contribution in [3.8, 4) is 17.2 Å². The van der Waals surface area contributed by atoms with Gasteiger partial charge in [-0.3, -0.25) is 28.9 Å². The van der Waals surface area contributed by atoms with Crippen molar-refractivity contribution in [3.05, 3.63) is 63.3 Å². The maximum Gasteiger partial charge on any atom is 0.375 e. The quantitative estimate of drug-likeness (QED) is 0.0222. The lowest BCUT2D eigenvalue weighted by molar-refractivity contribution is -0.150. The van der Waals surface area contributed by atoms with Crippen molar-refractivity contribution in [2.24, 2.45) is 5.16 Å². The predicted molar refractivity (Wildman–Crippen MR) is 203 cm³/mol. The normalized spacial score (nSPS) is 16.1. The molecular formula is C33H25N9O14S3. The number of esters is 3. The third kappa shape index (κ3) is 8.43. The zero-order chi connectivity index (χ0) is 43.0. The third-order valence-electron chi connectivity index (χ3n) is 7.80. The fourth-order valence-corrected chi connectivity index (χ4v) is 7.84. The van der Waals surface area contributed by atoms with E-state index in [9.17, 15) is 48.6 Å². The number of anilines is 1. The van der Waals surface area contributed by atoms with E-state index in [4.69, 9.17) is 37.0 Å². The number of aryl methyl sites for hydroxylation is 1. The number of hydrogen-bond donors (Lipinski definition) is 4. The van der Waals surface area contributed by atoms with Crippen LogP contribution in [0.5, 0.6) is 17.2 Å². The average molecular weight is 868 g/mol. The number of carbonyl (C=O) groups excluding carboxylic acids is 6. The van der Waals surface area contributed by atoms with Gasteiger partial charge in [0.2, 0.25) is 5.75 Å². The highest BCUT2D eigenvalue weighted by atomic mass is 32.2. The molecule has 0 bridgehead atoms. The van der Waals surface area contributed by atoms with Gasteiger partial charge < -0.3 is 40.3 Å². The highest BCUT2D eigenvalue weighted by Gasteiger charge is 2.55. The van der Waals surface area contributed by atoms with Crippen LogP contribution in [0.1, 0.15) is 58.8 Å². The number of amides is 2. The number of nitrogens with zero attached hydrogens (tertiary/aromatic N) is 7. The van der Waals surface area contributed by atoms with Crippen LogP contribution in [0.15, 0.2) is 40.0 Å². The summed E-state index contributed by atoms with van der Waals surface area (Å²) in [6, 6.07) is 1.94. The number of nitrogens with two attached hydrogens (primary N) is 1. The molecule has 0 radical (unpaired) electrons. The molecule has 3 aromatic heterocycles. The summed E-state index contributed by atoms with van der Waals surface area (Å²) in [6.07, 6.45) is 0. The lowest BCUT2D eigenvalue weighted by Gasteiger charge is -2.49. The topological polar surface area (TPSA) is 324 Å². The molecule has 0 unspecified atom stereocenters. The number of oxime groups is 1. The Balaban J connectivity index is 1.27. The molecule has 59 heavy (non-hydrogen) atoms.